The van der Waals surface area contributed by atoms with E-state index in [1.54, 1.807) is 4.31 Å². The molecular weight excluding hydrogens is 292 g/mol. The second-order valence-electron chi connectivity index (χ2n) is 5.24. The smallest absolute Gasteiger partial charge is 0.211 e. The Hall–Kier alpha value is 0.350. The van der Waals surface area contributed by atoms with Crippen LogP contribution in [0.2, 0.25) is 0 Å². The summed E-state index contributed by atoms with van der Waals surface area (Å²) in [6.07, 6.45) is 1.28. The largest absolute Gasteiger partial charge is 0.300 e. The minimum Gasteiger partial charge on any atom is -0.300 e. The van der Waals surface area contributed by atoms with Crippen molar-refractivity contribution in [2.24, 2.45) is 5.41 Å². The van der Waals surface area contributed by atoms with Crippen LogP contribution in [0.5, 0.6) is 0 Å². The molecule has 0 radical (unpaired) electrons. The van der Waals surface area contributed by atoms with Crippen molar-refractivity contribution in [1.29, 1.82) is 0 Å². The Labute approximate surface area is 107 Å². The molecule has 1 rings (SSSR count). The third-order valence-corrected chi connectivity index (χ3v) is 5.63. The van der Waals surface area contributed by atoms with Crippen molar-refractivity contribution in [3.05, 3.63) is 0 Å². The van der Waals surface area contributed by atoms with Crippen molar-refractivity contribution in [3.63, 3.8) is 0 Å². The molecule has 6 heteroatoms. The van der Waals surface area contributed by atoms with Gasteiger partial charge in [-0.15, -0.1) is 0 Å². The van der Waals surface area contributed by atoms with Crippen molar-refractivity contribution in [1.82, 2.24) is 9.21 Å². The second-order valence-corrected chi connectivity index (χ2v) is 7.78. The molecule has 1 saturated heterocycles. The van der Waals surface area contributed by atoms with E-state index in [9.17, 15) is 8.42 Å². The molecule has 1 aliphatic rings. The van der Waals surface area contributed by atoms with Crippen LogP contribution in [0, 0.1) is 5.41 Å². The van der Waals surface area contributed by atoms with Gasteiger partial charge in [0.15, 0.2) is 0 Å². The van der Waals surface area contributed by atoms with Crippen molar-refractivity contribution in [2.75, 3.05) is 44.3 Å². The van der Waals surface area contributed by atoms with Gasteiger partial charge in [0.1, 0.15) is 0 Å². The summed E-state index contributed by atoms with van der Waals surface area (Å²) in [5.41, 5.74) is 0.243. The molecule has 1 heterocycles. The highest BCUT2D eigenvalue weighted by molar-refractivity contribution is 9.09. The summed E-state index contributed by atoms with van der Waals surface area (Å²) < 4.78 is 24.2. The van der Waals surface area contributed by atoms with E-state index in [4.69, 9.17) is 0 Å². The van der Waals surface area contributed by atoms with E-state index in [1.807, 2.05) is 0 Å². The minimum absolute atomic E-state index is 0.243. The van der Waals surface area contributed by atoms with Gasteiger partial charge in [0.05, 0.1) is 6.26 Å². The van der Waals surface area contributed by atoms with Crippen molar-refractivity contribution in [2.45, 2.75) is 13.8 Å². The fraction of sp³-hybridized carbons (Fsp3) is 1.00. The lowest BCUT2D eigenvalue weighted by molar-refractivity contribution is 0.143. The number of nitrogens with zero attached hydrogens (tertiary/aromatic N) is 2. The van der Waals surface area contributed by atoms with Crippen LogP contribution in [0.3, 0.4) is 0 Å². The number of sulfonamides is 1. The zero-order valence-corrected chi connectivity index (χ0v) is 12.6. The Morgan fingerprint density at radius 2 is 1.69 bits per heavy atom. The molecule has 1 aliphatic heterocycles. The maximum absolute atomic E-state index is 11.3. The summed E-state index contributed by atoms with van der Waals surface area (Å²) in [6, 6.07) is 0. The predicted octanol–water partition coefficient (Wildman–Crippen LogP) is 0.985. The van der Waals surface area contributed by atoms with E-state index in [1.165, 1.54) is 6.26 Å². The number of alkyl halides is 1. The van der Waals surface area contributed by atoms with Gasteiger partial charge in [-0.1, -0.05) is 29.8 Å². The Morgan fingerprint density at radius 3 is 2.06 bits per heavy atom. The Bertz CT molecular complexity index is 322. The Kier molecular flexibility index (Phi) is 4.80. The van der Waals surface area contributed by atoms with Gasteiger partial charge in [-0.3, -0.25) is 0 Å². The predicted molar refractivity (Wildman–Crippen MR) is 70.4 cm³/mol. The topological polar surface area (TPSA) is 40.6 Å². The first kappa shape index (κ1) is 14.4. The second kappa shape index (κ2) is 5.33. The summed E-state index contributed by atoms with van der Waals surface area (Å²) >= 11 is 3.51. The van der Waals surface area contributed by atoms with Gasteiger partial charge in [-0.25, -0.2) is 8.42 Å². The molecule has 0 aromatic heterocycles. The van der Waals surface area contributed by atoms with E-state index in [0.717, 1.165) is 25.0 Å². The van der Waals surface area contributed by atoms with E-state index in [2.05, 4.69) is 34.7 Å². The van der Waals surface area contributed by atoms with Crippen LogP contribution in [-0.2, 0) is 10.0 Å². The summed E-state index contributed by atoms with van der Waals surface area (Å²) in [5, 5.41) is 0.965. The van der Waals surface area contributed by atoms with Gasteiger partial charge >= 0.3 is 0 Å². The van der Waals surface area contributed by atoms with Crippen molar-refractivity contribution in [3.8, 4) is 0 Å². The molecule has 0 aromatic rings. The fourth-order valence-electron chi connectivity index (χ4n) is 1.87. The van der Waals surface area contributed by atoms with Gasteiger partial charge in [-0.2, -0.15) is 4.31 Å². The van der Waals surface area contributed by atoms with Gasteiger partial charge in [0, 0.05) is 38.1 Å². The maximum Gasteiger partial charge on any atom is 0.211 e. The van der Waals surface area contributed by atoms with Crippen LogP contribution in [0.25, 0.3) is 0 Å². The first-order valence-electron chi connectivity index (χ1n) is 5.48. The number of hydrogen-bond acceptors (Lipinski definition) is 3. The van der Waals surface area contributed by atoms with Crippen LogP contribution in [0.15, 0.2) is 0 Å². The number of rotatable bonds is 4. The molecule has 0 aliphatic carbocycles. The average molecular weight is 313 g/mol. The lowest BCUT2D eigenvalue weighted by Gasteiger charge is -2.37. The van der Waals surface area contributed by atoms with Crippen LogP contribution < -0.4 is 0 Å². The molecule has 0 aromatic carbocycles. The minimum atomic E-state index is -3.00. The summed E-state index contributed by atoms with van der Waals surface area (Å²) in [6.45, 7) is 8.35. The SMILES string of the molecule is CC(C)(CBr)CN1CCN(S(C)(=O)=O)CC1. The quantitative estimate of drug-likeness (QED) is 0.727. The zero-order valence-electron chi connectivity index (χ0n) is 10.2. The molecule has 0 N–H and O–H groups in total. The van der Waals surface area contributed by atoms with E-state index in [-0.39, 0.29) is 5.41 Å². The van der Waals surface area contributed by atoms with Crippen LogP contribution >= 0.6 is 15.9 Å². The van der Waals surface area contributed by atoms with E-state index in [0.29, 0.717) is 13.1 Å². The maximum atomic E-state index is 11.3. The molecule has 0 unspecified atom stereocenters. The molecule has 0 bridgehead atoms. The normalized spacial score (nSPS) is 21.2. The molecular formula is C10H21BrN2O2S. The van der Waals surface area contributed by atoms with Crippen LogP contribution in [0.4, 0.5) is 0 Å². The van der Waals surface area contributed by atoms with E-state index >= 15 is 0 Å². The Balaban J connectivity index is 2.44. The zero-order chi connectivity index (χ0) is 12.4. The van der Waals surface area contributed by atoms with Crippen LogP contribution in [0.1, 0.15) is 13.8 Å². The summed E-state index contributed by atoms with van der Waals surface area (Å²) in [7, 11) is -3.00. The average Bonchev–Trinajstić information content (AvgIpc) is 2.16. The van der Waals surface area contributed by atoms with Gasteiger partial charge in [0.2, 0.25) is 10.0 Å². The molecule has 0 saturated carbocycles. The number of halogens is 1. The lowest BCUT2D eigenvalue weighted by Crippen LogP contribution is -2.50. The third-order valence-electron chi connectivity index (χ3n) is 2.81. The summed E-state index contributed by atoms with van der Waals surface area (Å²) in [4.78, 5) is 2.34. The molecule has 96 valence electrons. The van der Waals surface area contributed by atoms with Gasteiger partial charge < -0.3 is 4.90 Å². The van der Waals surface area contributed by atoms with Crippen LogP contribution in [-0.4, -0.2) is 61.9 Å². The fourth-order valence-corrected chi connectivity index (χ4v) is 2.87. The lowest BCUT2D eigenvalue weighted by atomic mass is 9.96. The molecule has 1 fully saturated rings. The third kappa shape index (κ3) is 4.31. The van der Waals surface area contributed by atoms with Crippen molar-refractivity contribution < 1.29 is 8.42 Å². The first-order valence-corrected chi connectivity index (χ1v) is 8.45. The molecule has 4 nitrogen and oxygen atoms in total. The number of piperazine rings is 1. The standard InChI is InChI=1S/C10H21BrN2O2S/c1-10(2,8-11)9-12-4-6-13(7-5-12)16(3,14)15/h4-9H2,1-3H3. The molecule has 0 amide bonds. The first-order chi connectivity index (χ1) is 7.24. The number of hydrogen-bond donors (Lipinski definition) is 0. The molecule has 0 atom stereocenters. The molecule has 16 heavy (non-hydrogen) atoms. The highest BCUT2D eigenvalue weighted by Crippen LogP contribution is 2.20. The van der Waals surface area contributed by atoms with Crippen molar-refractivity contribution >= 4 is 26.0 Å². The monoisotopic (exact) mass is 312 g/mol. The van der Waals surface area contributed by atoms with Gasteiger partial charge in [-0.05, 0) is 5.41 Å². The van der Waals surface area contributed by atoms with E-state index < -0.39 is 10.0 Å². The Morgan fingerprint density at radius 1 is 1.19 bits per heavy atom. The highest BCUT2D eigenvalue weighted by Gasteiger charge is 2.27. The van der Waals surface area contributed by atoms with Gasteiger partial charge in [0.25, 0.3) is 0 Å². The highest BCUT2D eigenvalue weighted by atomic mass is 79.9. The summed E-state index contributed by atoms with van der Waals surface area (Å²) in [5.74, 6) is 0. The molecule has 0 spiro atoms.